The van der Waals surface area contributed by atoms with Crippen LogP contribution in [0, 0.1) is 107 Å². The van der Waals surface area contributed by atoms with Crippen molar-refractivity contribution in [2.24, 2.45) is 107 Å². The van der Waals surface area contributed by atoms with Crippen molar-refractivity contribution in [1.29, 1.82) is 0 Å². The zero-order valence-corrected chi connectivity index (χ0v) is 94.4. The maximum absolute atomic E-state index is 12.0. The summed E-state index contributed by atoms with van der Waals surface area (Å²) in [6.07, 6.45) is 55.7. The standard InChI is InChI=1S/C19H32O3.C16H28O3.C15H28O3.2C14H26O3.2C13H24O3.C12H22O3/c1-5-18(2,3)17(20)22-12-21-11-19(4)15-7-13-6-14(9-15)10-16(19)8-13;1-5-15(2,3)14(17)19-11-18-10-16(4)9-12-6-7-13(16)8-12;1-5-14(2,3)13(16)18-12-17-11-15(4)9-7-6-8-10-15;1-4-14(2,3)13(15)17-11-16-10-12-8-6-5-7-9-12;1-4-14(2,3)13(15)17-11-16-12-9-7-5-6-8-10-12;1-4-13(2,3)12(14)16-10-15-9-11-7-5-6-8-11;1-4-13(2,3)12(14)16-10-15-11-8-6-5-7-9-11;1-4-12(2,3)11(13)15-9-14-10-7-5-6-8-10/h13-16H,5-12H2,1-4H3;12-13H,5-11H2,1-4H3;5-12H2,1-4H3;2*12H,4-11H2,1-3H3;2*11H,4-10H2,1-3H3;10H,4-9H2,1-3H3. The molecule has 0 aromatic carbocycles. The number of carbonyl (C=O) groups excluding carboxylic acids is 8. The maximum Gasteiger partial charge on any atom is 0.313 e. The number of hydrogen-bond donors (Lipinski definition) is 0. The van der Waals surface area contributed by atoms with Crippen LogP contribution in [0.2, 0.25) is 0 Å². The largest absolute Gasteiger partial charge is 0.438 e. The molecule has 0 spiro atoms. The number of rotatable bonds is 45. The molecule has 6 bridgehead atoms. The van der Waals surface area contributed by atoms with Crippen LogP contribution in [0.5, 0.6) is 0 Å². The molecule has 3 atom stereocenters. The van der Waals surface area contributed by atoms with Crippen molar-refractivity contribution in [3.05, 3.63) is 0 Å². The van der Waals surface area contributed by atoms with Gasteiger partial charge in [-0.1, -0.05) is 192 Å². The van der Waals surface area contributed by atoms with Gasteiger partial charge in [-0.15, -0.1) is 0 Å². The first-order chi connectivity index (χ1) is 65.9. The second-order valence-electron chi connectivity index (χ2n) is 49.4. The van der Waals surface area contributed by atoms with Crippen molar-refractivity contribution in [3.63, 3.8) is 0 Å². The van der Waals surface area contributed by atoms with E-state index in [0.717, 1.165) is 152 Å². The quantitative estimate of drug-likeness (QED) is 0.0180. The van der Waals surface area contributed by atoms with Crippen molar-refractivity contribution < 1.29 is 114 Å². The first-order valence-corrected chi connectivity index (χ1v) is 56.0. The lowest BCUT2D eigenvalue weighted by Crippen LogP contribution is -2.53. The zero-order chi connectivity index (χ0) is 105. The van der Waals surface area contributed by atoms with Crippen molar-refractivity contribution >= 4 is 47.8 Å². The number of carbonyl (C=O) groups is 8. The summed E-state index contributed by atoms with van der Waals surface area (Å²) in [5.74, 6) is 5.42. The van der Waals surface area contributed by atoms with E-state index in [1.807, 2.05) is 166 Å². The third kappa shape index (κ3) is 46.5. The van der Waals surface area contributed by atoms with Crippen LogP contribution in [0.25, 0.3) is 0 Å². The van der Waals surface area contributed by atoms with E-state index in [4.69, 9.17) is 75.8 Å². The highest BCUT2D eigenvalue weighted by Gasteiger charge is 2.55. The molecule has 0 amide bonds. The van der Waals surface area contributed by atoms with Crippen LogP contribution < -0.4 is 0 Å². The summed E-state index contributed by atoms with van der Waals surface area (Å²) < 4.78 is 85.9. The molecule has 12 fully saturated rings. The lowest BCUT2D eigenvalue weighted by atomic mass is 9.46. The Labute approximate surface area is 852 Å². The van der Waals surface area contributed by atoms with Gasteiger partial charge in [0.15, 0.2) is 54.3 Å². The molecule has 12 aliphatic carbocycles. The normalized spacial score (nSPS) is 23.9. The number of fused-ring (bicyclic) bond motifs is 2. The Balaban J connectivity index is 0.000000335. The molecule has 0 aromatic rings. The number of ether oxygens (including phenoxy) is 16. The van der Waals surface area contributed by atoms with E-state index >= 15 is 0 Å². The molecule has 818 valence electrons. The van der Waals surface area contributed by atoms with Crippen LogP contribution in [-0.2, 0) is 114 Å². The second-order valence-corrected chi connectivity index (χ2v) is 49.4. The fraction of sp³-hybridized carbons (Fsp3) is 0.931. The summed E-state index contributed by atoms with van der Waals surface area (Å²) >= 11 is 0. The minimum absolute atomic E-state index is 0.0951. The summed E-state index contributed by atoms with van der Waals surface area (Å²) in [6.45, 7) is 58.0. The maximum atomic E-state index is 12.0. The smallest absolute Gasteiger partial charge is 0.313 e. The topological polar surface area (TPSA) is 284 Å². The molecule has 12 saturated carbocycles. The number of esters is 8. The van der Waals surface area contributed by atoms with Gasteiger partial charge in [0.25, 0.3) is 0 Å². The van der Waals surface area contributed by atoms with E-state index in [0.29, 0.717) is 41.5 Å². The van der Waals surface area contributed by atoms with Crippen molar-refractivity contribution in [2.75, 3.05) is 87.4 Å². The van der Waals surface area contributed by atoms with Gasteiger partial charge in [0, 0.05) is 0 Å². The third-order valence-corrected chi connectivity index (χ3v) is 34.5. The van der Waals surface area contributed by atoms with Crippen LogP contribution in [0.1, 0.15) is 482 Å². The lowest BCUT2D eigenvalue weighted by molar-refractivity contribution is -0.181. The van der Waals surface area contributed by atoms with Gasteiger partial charge in [-0.2, -0.15) is 0 Å². The van der Waals surface area contributed by atoms with E-state index < -0.39 is 37.9 Å². The molecule has 140 heavy (non-hydrogen) atoms. The highest BCUT2D eigenvalue weighted by molar-refractivity contribution is 5.78. The summed E-state index contributed by atoms with van der Waals surface area (Å²) in [7, 11) is 0. The molecule has 12 rings (SSSR count). The number of hydrogen-bond acceptors (Lipinski definition) is 24. The van der Waals surface area contributed by atoms with Crippen LogP contribution in [0.3, 0.4) is 0 Å². The van der Waals surface area contributed by atoms with Gasteiger partial charge in [0.05, 0.1) is 94.7 Å². The van der Waals surface area contributed by atoms with E-state index in [1.165, 1.54) is 205 Å². The first kappa shape index (κ1) is 128. The predicted octanol–water partition coefficient (Wildman–Crippen LogP) is 28.5. The molecule has 12 aliphatic rings. The molecule has 0 radical (unpaired) electrons. The molecular weight excluding hydrogens is 1780 g/mol. The van der Waals surface area contributed by atoms with Crippen LogP contribution in [-0.4, -0.2) is 153 Å². The Bertz CT molecular complexity index is 3420. The minimum Gasteiger partial charge on any atom is -0.438 e. The lowest BCUT2D eigenvalue weighted by Gasteiger charge is -2.60. The predicted molar refractivity (Wildman–Crippen MR) is 552 cm³/mol. The van der Waals surface area contributed by atoms with Gasteiger partial charge < -0.3 is 75.8 Å². The molecular formula is C116H210O24. The fourth-order valence-electron chi connectivity index (χ4n) is 20.2. The van der Waals surface area contributed by atoms with E-state index in [-0.39, 0.29) is 119 Å². The Morgan fingerprint density at radius 3 is 0.757 bits per heavy atom. The molecule has 0 saturated heterocycles. The molecule has 0 N–H and O–H groups in total. The van der Waals surface area contributed by atoms with E-state index in [1.54, 1.807) is 0 Å². The van der Waals surface area contributed by atoms with Gasteiger partial charge in [-0.05, 0) is 354 Å². The fourth-order valence-corrected chi connectivity index (χ4v) is 20.2. The van der Waals surface area contributed by atoms with Gasteiger partial charge in [-0.25, -0.2) is 0 Å². The van der Waals surface area contributed by atoms with Crippen LogP contribution in [0.15, 0.2) is 0 Å². The molecule has 0 aliphatic heterocycles. The minimum atomic E-state index is -0.407. The Hall–Kier alpha value is -4.56. The summed E-state index contributed by atoms with van der Waals surface area (Å²) in [4.78, 5) is 93.6. The van der Waals surface area contributed by atoms with Gasteiger partial charge in [-0.3, -0.25) is 38.4 Å². The van der Waals surface area contributed by atoms with Crippen LogP contribution >= 0.6 is 0 Å². The summed E-state index contributed by atoms with van der Waals surface area (Å²) in [5, 5.41) is 0. The van der Waals surface area contributed by atoms with Crippen molar-refractivity contribution in [2.45, 2.75) is 501 Å². The Morgan fingerprint density at radius 2 is 0.479 bits per heavy atom. The zero-order valence-electron chi connectivity index (χ0n) is 94.4. The molecule has 24 heteroatoms. The Morgan fingerprint density at radius 1 is 0.243 bits per heavy atom. The van der Waals surface area contributed by atoms with Gasteiger partial charge in [0.2, 0.25) is 0 Å². The highest BCUT2D eigenvalue weighted by Crippen LogP contribution is 2.62. The molecule has 0 aromatic heterocycles. The average Bonchev–Trinajstić information content (AvgIpc) is 1.43. The van der Waals surface area contributed by atoms with Gasteiger partial charge in [0.1, 0.15) is 0 Å². The summed E-state index contributed by atoms with van der Waals surface area (Å²) in [6, 6.07) is 0. The van der Waals surface area contributed by atoms with Crippen LogP contribution in [0.4, 0.5) is 0 Å². The molecule has 0 heterocycles. The van der Waals surface area contributed by atoms with Gasteiger partial charge >= 0.3 is 47.8 Å². The Kier molecular flexibility index (Phi) is 58.4. The van der Waals surface area contributed by atoms with E-state index in [9.17, 15) is 38.4 Å². The molecule has 24 nitrogen and oxygen atoms in total. The second kappa shape index (κ2) is 64.0. The van der Waals surface area contributed by atoms with Crippen molar-refractivity contribution in [3.8, 4) is 0 Å². The highest BCUT2D eigenvalue weighted by atomic mass is 16.7. The summed E-state index contributed by atoms with van der Waals surface area (Å²) in [5.41, 5.74) is -2.28. The first-order valence-electron chi connectivity index (χ1n) is 56.0. The average molecular weight is 1990 g/mol. The van der Waals surface area contributed by atoms with E-state index in [2.05, 4.69) is 20.8 Å². The van der Waals surface area contributed by atoms with Crippen molar-refractivity contribution in [1.82, 2.24) is 0 Å². The third-order valence-electron chi connectivity index (χ3n) is 34.5. The SMILES string of the molecule is CCC(C)(C)C(=O)OCOC1CCCC1.CCC(C)(C)C(=O)OCOC1CCCCC1.CCC(C)(C)C(=O)OCOC1CCCCCC1.CCC(C)(C)C(=O)OCOCC1(C)C2CC3CC(C2)CC1C3.CCC(C)(C)C(=O)OCOCC1(C)CC2CCC1C2.CCC(C)(C)C(=O)OCOCC1(C)CCCCC1.CCC(C)(C)C(=O)OCOCC1CCCC1.CCC(C)(C)C(=O)OCOCC1CCCCC1. The monoisotopic (exact) mass is 1990 g/mol. The molecule has 3 unspecified atom stereocenters.